The molecule has 0 aliphatic heterocycles. The number of benzene rings is 1. The van der Waals surface area contributed by atoms with E-state index in [0.29, 0.717) is 35.6 Å². The first-order valence-electron chi connectivity index (χ1n) is 9.35. The molecule has 0 saturated carbocycles. The summed E-state index contributed by atoms with van der Waals surface area (Å²) >= 11 is 0. The third-order valence-electron chi connectivity index (χ3n) is 4.63. The van der Waals surface area contributed by atoms with E-state index in [2.05, 4.69) is 15.6 Å². The summed E-state index contributed by atoms with van der Waals surface area (Å²) in [7, 11) is 0. The number of anilines is 1. The van der Waals surface area contributed by atoms with Gasteiger partial charge in [-0.2, -0.15) is 0 Å². The lowest BCUT2D eigenvalue weighted by atomic mass is 10.0. The molecule has 2 amide bonds. The minimum absolute atomic E-state index is 0.0539. The van der Waals surface area contributed by atoms with Gasteiger partial charge in [-0.05, 0) is 55.7 Å². The molecule has 0 bridgehead atoms. The third-order valence-corrected chi connectivity index (χ3v) is 4.63. The third kappa shape index (κ3) is 4.45. The topological polar surface area (TPSA) is 104 Å². The van der Waals surface area contributed by atoms with Gasteiger partial charge in [0.25, 0.3) is 11.8 Å². The first-order chi connectivity index (χ1) is 13.9. The highest BCUT2D eigenvalue weighted by Gasteiger charge is 2.21. The second-order valence-electron chi connectivity index (χ2n) is 6.70. The molecule has 0 aliphatic carbocycles. The molecule has 7 nitrogen and oxygen atoms in total. The van der Waals surface area contributed by atoms with Crippen LogP contribution in [-0.4, -0.2) is 22.6 Å². The highest BCUT2D eigenvalue weighted by molar-refractivity contribution is 6.03. The smallest absolute Gasteiger partial charge is 0.291 e. The molecule has 3 aromatic rings. The second-order valence-corrected chi connectivity index (χ2v) is 6.70. The van der Waals surface area contributed by atoms with Crippen molar-refractivity contribution in [1.82, 2.24) is 10.3 Å². The molecule has 0 fully saturated rings. The van der Waals surface area contributed by atoms with Gasteiger partial charge in [0, 0.05) is 23.5 Å². The van der Waals surface area contributed by atoms with Crippen molar-refractivity contribution in [3.63, 3.8) is 0 Å². The van der Waals surface area contributed by atoms with Crippen LogP contribution >= 0.6 is 0 Å². The van der Waals surface area contributed by atoms with Crippen LogP contribution in [0.4, 0.5) is 5.69 Å². The van der Waals surface area contributed by atoms with Crippen molar-refractivity contribution < 1.29 is 18.8 Å². The molecular formula is C22H23N3O4. The zero-order valence-electron chi connectivity index (χ0n) is 16.6. The molecule has 3 N–H and O–H groups in total. The van der Waals surface area contributed by atoms with Gasteiger partial charge in [-0.15, -0.1) is 0 Å². The van der Waals surface area contributed by atoms with Crippen molar-refractivity contribution in [3.05, 3.63) is 76.5 Å². The monoisotopic (exact) mass is 393 g/mol. The Morgan fingerprint density at radius 1 is 1.07 bits per heavy atom. The van der Waals surface area contributed by atoms with Gasteiger partial charge in [-0.25, -0.2) is 0 Å². The van der Waals surface area contributed by atoms with Crippen LogP contribution in [-0.2, 0) is 13.0 Å². The van der Waals surface area contributed by atoms with Crippen molar-refractivity contribution in [2.75, 3.05) is 5.32 Å². The standard InChI is InChI=1S/C22H23N3O4/c1-4-17-19(14(3)26)13(2)24-20(17)22(28)23-12-15-7-9-16(10-8-15)25-21(27)18-6-5-11-29-18/h5-11,24H,4,12H2,1-3H3,(H,23,28)(H,25,27). The second kappa shape index (κ2) is 8.60. The van der Waals surface area contributed by atoms with Crippen molar-refractivity contribution in [3.8, 4) is 0 Å². The summed E-state index contributed by atoms with van der Waals surface area (Å²) in [5.74, 6) is -0.403. The average molecular weight is 393 g/mol. The van der Waals surface area contributed by atoms with Crippen molar-refractivity contribution >= 4 is 23.3 Å². The van der Waals surface area contributed by atoms with E-state index in [1.807, 2.05) is 19.1 Å². The molecular weight excluding hydrogens is 370 g/mol. The number of carbonyl (C=O) groups is 3. The molecule has 7 heteroatoms. The number of nitrogens with one attached hydrogen (secondary N) is 3. The highest BCUT2D eigenvalue weighted by atomic mass is 16.3. The quantitative estimate of drug-likeness (QED) is 0.530. The lowest BCUT2D eigenvalue weighted by Crippen LogP contribution is -2.24. The Labute approximate surface area is 168 Å². The fourth-order valence-corrected chi connectivity index (χ4v) is 3.28. The number of ketones is 1. The summed E-state index contributed by atoms with van der Waals surface area (Å²) in [5, 5.41) is 5.61. The Kier molecular flexibility index (Phi) is 5.97. The number of rotatable bonds is 7. The molecule has 0 atom stereocenters. The fourth-order valence-electron chi connectivity index (χ4n) is 3.28. The van der Waals surface area contributed by atoms with Crippen molar-refractivity contribution in [2.24, 2.45) is 0 Å². The van der Waals surface area contributed by atoms with Gasteiger partial charge in [-0.3, -0.25) is 14.4 Å². The minimum Gasteiger partial charge on any atom is -0.459 e. The van der Waals surface area contributed by atoms with E-state index in [-0.39, 0.29) is 23.4 Å². The SMILES string of the molecule is CCc1c(C(=O)NCc2ccc(NC(=O)c3ccco3)cc2)[nH]c(C)c1C(C)=O. The van der Waals surface area contributed by atoms with Crippen LogP contribution in [0.1, 0.15) is 62.1 Å². The van der Waals surface area contributed by atoms with E-state index < -0.39 is 0 Å². The molecule has 29 heavy (non-hydrogen) atoms. The summed E-state index contributed by atoms with van der Waals surface area (Å²) in [6.45, 7) is 5.54. The molecule has 0 radical (unpaired) electrons. The molecule has 0 saturated heterocycles. The Morgan fingerprint density at radius 3 is 2.38 bits per heavy atom. The van der Waals surface area contributed by atoms with E-state index >= 15 is 0 Å². The van der Waals surface area contributed by atoms with Crippen LogP contribution in [0.25, 0.3) is 0 Å². The Hall–Kier alpha value is -3.61. The van der Waals surface area contributed by atoms with Gasteiger partial charge in [0.2, 0.25) is 0 Å². The molecule has 3 rings (SSSR count). The van der Waals surface area contributed by atoms with Gasteiger partial charge in [0.1, 0.15) is 5.69 Å². The minimum atomic E-state index is -0.327. The van der Waals surface area contributed by atoms with Gasteiger partial charge in [0.15, 0.2) is 11.5 Å². The number of Topliss-reactive ketones (excluding diaryl/α,β-unsaturated/α-hetero) is 1. The van der Waals surface area contributed by atoms with Gasteiger partial charge in [0.05, 0.1) is 6.26 Å². The number of aryl methyl sites for hydroxylation is 1. The van der Waals surface area contributed by atoms with Gasteiger partial charge < -0.3 is 20.0 Å². The van der Waals surface area contributed by atoms with Crippen LogP contribution in [0.15, 0.2) is 47.1 Å². The maximum Gasteiger partial charge on any atom is 0.291 e. The first-order valence-corrected chi connectivity index (χ1v) is 9.35. The van der Waals surface area contributed by atoms with Crippen LogP contribution < -0.4 is 10.6 Å². The molecule has 2 heterocycles. The highest BCUT2D eigenvalue weighted by Crippen LogP contribution is 2.20. The zero-order valence-corrected chi connectivity index (χ0v) is 16.6. The largest absolute Gasteiger partial charge is 0.459 e. The number of aromatic amines is 1. The van der Waals surface area contributed by atoms with E-state index in [1.54, 1.807) is 31.2 Å². The normalized spacial score (nSPS) is 10.6. The molecule has 0 aliphatic rings. The van der Waals surface area contributed by atoms with Crippen molar-refractivity contribution in [2.45, 2.75) is 33.7 Å². The van der Waals surface area contributed by atoms with Crippen LogP contribution in [0.2, 0.25) is 0 Å². The molecule has 2 aromatic heterocycles. The number of hydrogen-bond acceptors (Lipinski definition) is 4. The summed E-state index contributed by atoms with van der Waals surface area (Å²) in [6.07, 6.45) is 2.03. The van der Waals surface area contributed by atoms with Crippen LogP contribution in [0.5, 0.6) is 0 Å². The Balaban J connectivity index is 1.63. The predicted octanol–water partition coefficient (Wildman–Crippen LogP) is 3.86. The predicted molar refractivity (Wildman–Crippen MR) is 109 cm³/mol. The first kappa shape index (κ1) is 20.1. The molecule has 1 aromatic carbocycles. The fraction of sp³-hybridized carbons (Fsp3) is 0.227. The number of hydrogen-bond donors (Lipinski definition) is 3. The molecule has 150 valence electrons. The van der Waals surface area contributed by atoms with E-state index in [4.69, 9.17) is 4.42 Å². The van der Waals surface area contributed by atoms with E-state index in [0.717, 1.165) is 11.1 Å². The summed E-state index contributed by atoms with van der Waals surface area (Å²) in [5.41, 5.74) is 3.97. The number of carbonyl (C=O) groups excluding carboxylic acids is 3. The maximum atomic E-state index is 12.6. The van der Waals surface area contributed by atoms with E-state index in [1.165, 1.54) is 13.2 Å². The van der Waals surface area contributed by atoms with Gasteiger partial charge in [-0.1, -0.05) is 19.1 Å². The average Bonchev–Trinajstić information content (AvgIpc) is 3.34. The number of aromatic nitrogens is 1. The maximum absolute atomic E-state index is 12.6. The van der Waals surface area contributed by atoms with Crippen LogP contribution in [0, 0.1) is 6.92 Å². The number of furan rings is 1. The number of amides is 2. The van der Waals surface area contributed by atoms with Crippen molar-refractivity contribution in [1.29, 1.82) is 0 Å². The number of H-pyrrole nitrogens is 1. The summed E-state index contributed by atoms with van der Waals surface area (Å²) in [4.78, 5) is 39.5. The molecule has 0 unspecified atom stereocenters. The van der Waals surface area contributed by atoms with Gasteiger partial charge >= 0.3 is 0 Å². The zero-order chi connectivity index (χ0) is 21.0. The Morgan fingerprint density at radius 2 is 1.79 bits per heavy atom. The van der Waals surface area contributed by atoms with Crippen LogP contribution in [0.3, 0.4) is 0 Å². The summed E-state index contributed by atoms with van der Waals surface area (Å²) < 4.78 is 5.06. The lowest BCUT2D eigenvalue weighted by molar-refractivity contribution is 0.0944. The lowest BCUT2D eigenvalue weighted by Gasteiger charge is -2.08. The summed E-state index contributed by atoms with van der Waals surface area (Å²) in [6, 6.07) is 10.4. The molecule has 0 spiro atoms. The van der Waals surface area contributed by atoms with E-state index in [9.17, 15) is 14.4 Å². The Bertz CT molecular complexity index is 1030.